The van der Waals surface area contributed by atoms with E-state index in [-0.39, 0.29) is 16.7 Å². The lowest BCUT2D eigenvalue weighted by Crippen LogP contribution is -2.30. The Balaban J connectivity index is 1.81. The summed E-state index contributed by atoms with van der Waals surface area (Å²) >= 11 is 0. The molecule has 2 fully saturated rings. The normalized spacial score (nSPS) is 29.5. The lowest BCUT2D eigenvalue weighted by atomic mass is 9.95. The van der Waals surface area contributed by atoms with Gasteiger partial charge in [-0.05, 0) is 32.3 Å². The first kappa shape index (κ1) is 11.5. The van der Waals surface area contributed by atoms with Crippen LogP contribution in [0.4, 0.5) is 11.4 Å². The van der Waals surface area contributed by atoms with Gasteiger partial charge in [-0.1, -0.05) is 6.07 Å². The van der Waals surface area contributed by atoms with Gasteiger partial charge in [-0.25, -0.2) is 0 Å². The third-order valence-electron chi connectivity index (χ3n) is 3.95. The number of hydrogen-bond donors (Lipinski definition) is 1. The fraction of sp³-hybridized carbons (Fsp3) is 0.538. The number of rotatable bonds is 3. The van der Waals surface area contributed by atoms with Crippen molar-refractivity contribution in [2.75, 3.05) is 5.32 Å². The molecule has 18 heavy (non-hydrogen) atoms. The summed E-state index contributed by atoms with van der Waals surface area (Å²) < 4.78 is 5.78. The molecule has 2 aliphatic rings. The molecule has 0 saturated carbocycles. The number of nitrogens with zero attached hydrogens (tertiary/aromatic N) is 1. The molecule has 5 heteroatoms. The van der Waals surface area contributed by atoms with Crippen LogP contribution >= 0.6 is 0 Å². The second-order valence-electron chi connectivity index (χ2n) is 5.07. The van der Waals surface area contributed by atoms with E-state index >= 15 is 0 Å². The van der Waals surface area contributed by atoms with Crippen LogP contribution in [0.3, 0.4) is 0 Å². The predicted octanol–water partition coefficient (Wildman–Crippen LogP) is 2.64. The summed E-state index contributed by atoms with van der Waals surface area (Å²) in [6.45, 7) is 1.79. The number of nitro groups is 1. The summed E-state index contributed by atoms with van der Waals surface area (Å²) in [5.41, 5.74) is 1.72. The standard InChI is InChI=1S/C13H16N2O3/c1-8-10(3-2-4-12(8)15(16)17)14-11-7-9-5-6-13(11)18-9/h2-4,9,11,13-14H,5-7H2,1H3. The maximum absolute atomic E-state index is 10.9. The Morgan fingerprint density at radius 2 is 2.28 bits per heavy atom. The zero-order valence-corrected chi connectivity index (χ0v) is 10.3. The molecule has 1 aromatic carbocycles. The number of hydrogen-bond acceptors (Lipinski definition) is 4. The number of nitrogens with one attached hydrogen (secondary N) is 1. The fourth-order valence-electron chi connectivity index (χ4n) is 2.97. The first-order chi connectivity index (χ1) is 8.65. The number of fused-ring (bicyclic) bond motifs is 2. The minimum Gasteiger partial charge on any atom is -0.379 e. The van der Waals surface area contributed by atoms with E-state index < -0.39 is 0 Å². The quantitative estimate of drug-likeness (QED) is 0.659. The highest BCUT2D eigenvalue weighted by Crippen LogP contribution is 2.37. The molecule has 0 aliphatic carbocycles. The van der Waals surface area contributed by atoms with Gasteiger partial charge in [0.2, 0.25) is 0 Å². The number of anilines is 1. The molecule has 2 saturated heterocycles. The lowest BCUT2D eigenvalue weighted by Gasteiger charge is -2.22. The average molecular weight is 248 g/mol. The third-order valence-corrected chi connectivity index (χ3v) is 3.95. The Labute approximate surface area is 105 Å². The first-order valence-corrected chi connectivity index (χ1v) is 6.31. The number of benzene rings is 1. The van der Waals surface area contributed by atoms with E-state index in [1.54, 1.807) is 13.0 Å². The van der Waals surface area contributed by atoms with Gasteiger partial charge >= 0.3 is 0 Å². The van der Waals surface area contributed by atoms with E-state index in [4.69, 9.17) is 4.74 Å². The van der Waals surface area contributed by atoms with Crippen LogP contribution in [-0.4, -0.2) is 23.2 Å². The molecule has 0 spiro atoms. The van der Waals surface area contributed by atoms with E-state index in [1.165, 1.54) is 6.07 Å². The van der Waals surface area contributed by atoms with Crippen LogP contribution in [0.15, 0.2) is 18.2 Å². The summed E-state index contributed by atoms with van der Waals surface area (Å²) in [6.07, 6.45) is 3.90. The Morgan fingerprint density at radius 3 is 2.89 bits per heavy atom. The molecule has 0 aromatic heterocycles. The molecular weight excluding hydrogens is 232 g/mol. The third kappa shape index (κ3) is 1.84. The van der Waals surface area contributed by atoms with Crippen LogP contribution in [-0.2, 0) is 4.74 Å². The molecule has 3 rings (SSSR count). The Hall–Kier alpha value is -1.62. The monoisotopic (exact) mass is 248 g/mol. The average Bonchev–Trinajstić information content (AvgIpc) is 2.93. The van der Waals surface area contributed by atoms with E-state index in [1.807, 2.05) is 6.07 Å². The zero-order valence-electron chi connectivity index (χ0n) is 10.3. The van der Waals surface area contributed by atoms with Crippen LogP contribution in [0.25, 0.3) is 0 Å². The van der Waals surface area contributed by atoms with E-state index in [0.717, 1.165) is 24.9 Å². The molecule has 2 heterocycles. The van der Waals surface area contributed by atoms with Gasteiger partial charge in [-0.2, -0.15) is 0 Å². The molecule has 96 valence electrons. The predicted molar refractivity (Wildman–Crippen MR) is 67.8 cm³/mol. The van der Waals surface area contributed by atoms with Crippen molar-refractivity contribution in [1.82, 2.24) is 0 Å². The Morgan fingerprint density at radius 1 is 1.44 bits per heavy atom. The second-order valence-corrected chi connectivity index (χ2v) is 5.07. The summed E-state index contributed by atoms with van der Waals surface area (Å²) in [6, 6.07) is 5.46. The largest absolute Gasteiger partial charge is 0.379 e. The summed E-state index contributed by atoms with van der Waals surface area (Å²) in [5, 5.41) is 14.3. The Bertz CT molecular complexity index is 489. The van der Waals surface area contributed by atoms with Crippen molar-refractivity contribution in [2.24, 2.45) is 0 Å². The van der Waals surface area contributed by atoms with Crippen LogP contribution < -0.4 is 5.32 Å². The van der Waals surface area contributed by atoms with Crippen LogP contribution in [0.2, 0.25) is 0 Å². The first-order valence-electron chi connectivity index (χ1n) is 6.31. The zero-order chi connectivity index (χ0) is 12.7. The number of ether oxygens (including phenoxy) is 1. The second kappa shape index (κ2) is 4.24. The molecule has 2 bridgehead atoms. The smallest absolute Gasteiger partial charge is 0.274 e. The summed E-state index contributed by atoms with van der Waals surface area (Å²) in [7, 11) is 0. The highest BCUT2D eigenvalue weighted by molar-refractivity contribution is 5.60. The van der Waals surface area contributed by atoms with Crippen molar-refractivity contribution in [1.29, 1.82) is 0 Å². The van der Waals surface area contributed by atoms with Gasteiger partial charge in [-0.3, -0.25) is 10.1 Å². The van der Waals surface area contributed by atoms with E-state index in [2.05, 4.69) is 5.32 Å². The van der Waals surface area contributed by atoms with Crippen molar-refractivity contribution in [3.05, 3.63) is 33.9 Å². The van der Waals surface area contributed by atoms with Crippen LogP contribution in [0.5, 0.6) is 0 Å². The number of nitro benzene ring substituents is 1. The van der Waals surface area contributed by atoms with Gasteiger partial charge in [0.05, 0.1) is 23.2 Å². The molecule has 0 amide bonds. The maximum Gasteiger partial charge on any atom is 0.274 e. The molecule has 3 atom stereocenters. The van der Waals surface area contributed by atoms with Gasteiger partial charge in [-0.15, -0.1) is 0 Å². The van der Waals surface area contributed by atoms with Gasteiger partial charge in [0, 0.05) is 17.3 Å². The molecular formula is C13H16N2O3. The van der Waals surface area contributed by atoms with Gasteiger partial charge in [0.25, 0.3) is 5.69 Å². The van der Waals surface area contributed by atoms with Crippen LogP contribution in [0, 0.1) is 17.0 Å². The van der Waals surface area contributed by atoms with Crippen LogP contribution in [0.1, 0.15) is 24.8 Å². The molecule has 5 nitrogen and oxygen atoms in total. The highest BCUT2D eigenvalue weighted by atomic mass is 16.6. The topological polar surface area (TPSA) is 64.4 Å². The Kier molecular flexibility index (Phi) is 2.70. The fourth-order valence-corrected chi connectivity index (χ4v) is 2.97. The van der Waals surface area contributed by atoms with Crippen molar-refractivity contribution in [2.45, 2.75) is 44.4 Å². The van der Waals surface area contributed by atoms with Gasteiger partial charge in [0.15, 0.2) is 0 Å². The summed E-state index contributed by atoms with van der Waals surface area (Å²) in [5.74, 6) is 0. The molecule has 1 aromatic rings. The minimum absolute atomic E-state index is 0.170. The van der Waals surface area contributed by atoms with Gasteiger partial charge < -0.3 is 10.1 Å². The maximum atomic E-state index is 10.9. The SMILES string of the molecule is Cc1c(NC2CC3CCC2O3)cccc1[N+](=O)[O-]. The van der Waals surface area contributed by atoms with Crippen molar-refractivity contribution in [3.8, 4) is 0 Å². The van der Waals surface area contributed by atoms with Crippen molar-refractivity contribution < 1.29 is 9.66 Å². The molecule has 0 radical (unpaired) electrons. The molecule has 3 unspecified atom stereocenters. The minimum atomic E-state index is -0.336. The van der Waals surface area contributed by atoms with Gasteiger partial charge in [0.1, 0.15) is 0 Å². The van der Waals surface area contributed by atoms with E-state index in [9.17, 15) is 10.1 Å². The highest BCUT2D eigenvalue weighted by Gasteiger charge is 2.40. The van der Waals surface area contributed by atoms with E-state index in [0.29, 0.717) is 17.7 Å². The lowest BCUT2D eigenvalue weighted by molar-refractivity contribution is -0.385. The van der Waals surface area contributed by atoms with Crippen molar-refractivity contribution in [3.63, 3.8) is 0 Å². The molecule has 2 aliphatic heterocycles. The van der Waals surface area contributed by atoms with Crippen molar-refractivity contribution >= 4 is 11.4 Å². The molecule has 1 N–H and O–H groups in total. The summed E-state index contributed by atoms with van der Waals surface area (Å²) in [4.78, 5) is 10.6.